The molecule has 0 aliphatic heterocycles. The lowest BCUT2D eigenvalue weighted by Crippen LogP contribution is -2.05. The van der Waals surface area contributed by atoms with Gasteiger partial charge in [0.15, 0.2) is 23.0 Å². The second-order valence-electron chi connectivity index (χ2n) is 5.45. The van der Waals surface area contributed by atoms with E-state index in [-0.39, 0.29) is 30.4 Å². The predicted octanol–water partition coefficient (Wildman–Crippen LogP) is 2.33. The number of methoxy groups -OCH3 is 1. The minimum atomic E-state index is -0.234. The monoisotopic (exact) mass is 342 g/mol. The molecule has 0 amide bonds. The van der Waals surface area contributed by atoms with Gasteiger partial charge in [-0.3, -0.25) is 4.68 Å². The fourth-order valence-corrected chi connectivity index (χ4v) is 2.58. The quantitative estimate of drug-likeness (QED) is 0.530. The summed E-state index contributed by atoms with van der Waals surface area (Å²) in [4.78, 5) is 0. The molecule has 3 rings (SSSR count). The van der Waals surface area contributed by atoms with E-state index >= 15 is 0 Å². The highest BCUT2D eigenvalue weighted by atomic mass is 16.5. The Morgan fingerprint density at radius 3 is 2.32 bits per heavy atom. The molecule has 1 aromatic heterocycles. The molecule has 4 N–H and O–H groups in total. The summed E-state index contributed by atoms with van der Waals surface area (Å²) in [6, 6.07) is 11.2. The number of benzene rings is 2. The molecule has 7 heteroatoms. The third-order valence-corrected chi connectivity index (χ3v) is 3.84. The van der Waals surface area contributed by atoms with E-state index in [0.717, 1.165) is 11.3 Å². The average molecular weight is 342 g/mol. The Hall–Kier alpha value is -3.19. The number of aromatic nitrogens is 2. The van der Waals surface area contributed by atoms with Crippen molar-refractivity contribution < 1.29 is 25.2 Å². The number of phenolic OH excluding ortho intramolecular Hbond substituents is 3. The van der Waals surface area contributed by atoms with E-state index in [1.54, 1.807) is 28.9 Å². The molecule has 0 saturated heterocycles. The van der Waals surface area contributed by atoms with Crippen LogP contribution >= 0.6 is 0 Å². The Labute approximate surface area is 144 Å². The minimum absolute atomic E-state index is 0.0307. The number of aliphatic hydroxyl groups excluding tert-OH is 1. The predicted molar refractivity (Wildman–Crippen MR) is 91.7 cm³/mol. The van der Waals surface area contributed by atoms with Gasteiger partial charge in [0.05, 0.1) is 31.6 Å². The first-order valence-electron chi connectivity index (χ1n) is 7.62. The zero-order valence-corrected chi connectivity index (χ0v) is 13.5. The van der Waals surface area contributed by atoms with Crippen LogP contribution in [0.3, 0.4) is 0 Å². The van der Waals surface area contributed by atoms with E-state index in [1.807, 2.05) is 0 Å². The Morgan fingerprint density at radius 2 is 1.64 bits per heavy atom. The summed E-state index contributed by atoms with van der Waals surface area (Å²) >= 11 is 0. The van der Waals surface area contributed by atoms with Gasteiger partial charge >= 0.3 is 0 Å². The number of nitrogens with zero attached hydrogens (tertiary/aromatic N) is 2. The van der Waals surface area contributed by atoms with Crippen LogP contribution in [0.2, 0.25) is 0 Å². The highest BCUT2D eigenvalue weighted by Crippen LogP contribution is 2.35. The first kappa shape index (κ1) is 16.7. The molecule has 0 spiro atoms. The second kappa shape index (κ2) is 6.74. The summed E-state index contributed by atoms with van der Waals surface area (Å²) in [7, 11) is 1.47. The molecule has 7 nitrogen and oxygen atoms in total. The van der Waals surface area contributed by atoms with Crippen LogP contribution in [0.25, 0.3) is 22.5 Å². The van der Waals surface area contributed by atoms with Gasteiger partial charge in [-0.05, 0) is 42.5 Å². The molecule has 130 valence electrons. The highest BCUT2D eigenvalue weighted by molar-refractivity contribution is 5.71. The lowest BCUT2D eigenvalue weighted by molar-refractivity contribution is 0.270. The molecule has 0 bridgehead atoms. The molecule has 2 aromatic carbocycles. The summed E-state index contributed by atoms with van der Waals surface area (Å²) in [6.45, 7) is 0.187. The molecule has 1 heterocycles. The molecule has 0 fully saturated rings. The summed E-state index contributed by atoms with van der Waals surface area (Å²) in [5, 5.41) is 42.6. The lowest BCUT2D eigenvalue weighted by atomic mass is 10.1. The van der Waals surface area contributed by atoms with Crippen molar-refractivity contribution in [3.63, 3.8) is 0 Å². The maximum atomic E-state index is 9.76. The topological polar surface area (TPSA) is 108 Å². The number of hydrogen-bond donors (Lipinski definition) is 4. The highest BCUT2D eigenvalue weighted by Gasteiger charge is 2.14. The number of aliphatic hydroxyl groups is 1. The van der Waals surface area contributed by atoms with Crippen molar-refractivity contribution in [3.05, 3.63) is 42.5 Å². The third-order valence-electron chi connectivity index (χ3n) is 3.84. The van der Waals surface area contributed by atoms with E-state index in [2.05, 4.69) is 5.10 Å². The van der Waals surface area contributed by atoms with E-state index in [1.165, 1.54) is 25.3 Å². The largest absolute Gasteiger partial charge is 0.504 e. The van der Waals surface area contributed by atoms with Crippen LogP contribution in [0.4, 0.5) is 0 Å². The Balaban J connectivity index is 2.10. The van der Waals surface area contributed by atoms with Crippen LogP contribution < -0.4 is 4.74 Å². The maximum Gasteiger partial charge on any atom is 0.161 e. The van der Waals surface area contributed by atoms with Crippen LogP contribution in [0, 0.1) is 0 Å². The van der Waals surface area contributed by atoms with Crippen LogP contribution in [-0.4, -0.2) is 43.9 Å². The SMILES string of the molecule is COc1cc(-c2cc(-c3ccc(O)c(O)c3)nn2CCO)ccc1O. The van der Waals surface area contributed by atoms with Crippen LogP contribution in [0.15, 0.2) is 42.5 Å². The molecule has 0 radical (unpaired) electrons. The maximum absolute atomic E-state index is 9.76. The minimum Gasteiger partial charge on any atom is -0.504 e. The van der Waals surface area contributed by atoms with E-state index < -0.39 is 0 Å². The molecule has 25 heavy (non-hydrogen) atoms. The van der Waals surface area contributed by atoms with Crippen molar-refractivity contribution in [2.75, 3.05) is 13.7 Å². The Bertz CT molecular complexity index is 904. The van der Waals surface area contributed by atoms with Crippen molar-refractivity contribution in [2.24, 2.45) is 0 Å². The summed E-state index contributed by atoms with van der Waals surface area (Å²) in [5.41, 5.74) is 2.67. The molecule has 0 aliphatic rings. The molecular weight excluding hydrogens is 324 g/mol. The van der Waals surface area contributed by atoms with Gasteiger partial charge in [-0.25, -0.2) is 0 Å². The van der Waals surface area contributed by atoms with Gasteiger partial charge in [-0.15, -0.1) is 0 Å². The zero-order valence-electron chi connectivity index (χ0n) is 13.5. The summed E-state index contributed by atoms with van der Waals surface area (Å²) < 4.78 is 6.77. The van der Waals surface area contributed by atoms with E-state index in [4.69, 9.17) is 4.74 Å². The number of aromatic hydroxyl groups is 3. The number of phenols is 3. The Kier molecular flexibility index (Phi) is 4.49. The first-order chi connectivity index (χ1) is 12.0. The average Bonchev–Trinajstić information content (AvgIpc) is 3.02. The fourth-order valence-electron chi connectivity index (χ4n) is 2.58. The van der Waals surface area contributed by atoms with E-state index in [0.29, 0.717) is 17.0 Å². The molecule has 0 atom stereocenters. The second-order valence-corrected chi connectivity index (χ2v) is 5.45. The first-order valence-corrected chi connectivity index (χ1v) is 7.62. The Morgan fingerprint density at radius 1 is 0.920 bits per heavy atom. The molecule has 0 unspecified atom stereocenters. The lowest BCUT2D eigenvalue weighted by Gasteiger charge is -2.08. The molecular formula is C18H18N2O5. The van der Waals surface area contributed by atoms with Gasteiger partial charge in [-0.1, -0.05) is 0 Å². The molecule has 3 aromatic rings. The van der Waals surface area contributed by atoms with Gasteiger partial charge in [0.1, 0.15) is 0 Å². The third kappa shape index (κ3) is 3.22. The van der Waals surface area contributed by atoms with Crippen molar-refractivity contribution in [1.29, 1.82) is 0 Å². The van der Waals surface area contributed by atoms with Gasteiger partial charge < -0.3 is 25.2 Å². The van der Waals surface area contributed by atoms with Crippen molar-refractivity contribution in [1.82, 2.24) is 9.78 Å². The molecule has 0 aliphatic carbocycles. The summed E-state index contributed by atoms with van der Waals surface area (Å²) in [6.07, 6.45) is 0. The van der Waals surface area contributed by atoms with Crippen LogP contribution in [0.1, 0.15) is 0 Å². The number of hydrogen-bond acceptors (Lipinski definition) is 6. The van der Waals surface area contributed by atoms with Crippen LogP contribution in [0.5, 0.6) is 23.0 Å². The number of rotatable bonds is 5. The smallest absolute Gasteiger partial charge is 0.161 e. The molecule has 0 saturated carbocycles. The van der Waals surface area contributed by atoms with Gasteiger partial charge in [-0.2, -0.15) is 5.10 Å². The fraction of sp³-hybridized carbons (Fsp3) is 0.167. The van der Waals surface area contributed by atoms with E-state index in [9.17, 15) is 20.4 Å². The van der Waals surface area contributed by atoms with Gasteiger partial charge in [0.2, 0.25) is 0 Å². The normalized spacial score (nSPS) is 10.8. The van der Waals surface area contributed by atoms with Crippen molar-refractivity contribution >= 4 is 0 Å². The van der Waals surface area contributed by atoms with Crippen molar-refractivity contribution in [2.45, 2.75) is 6.54 Å². The summed E-state index contributed by atoms with van der Waals surface area (Å²) in [5.74, 6) is -0.0784. The zero-order chi connectivity index (χ0) is 18.0. The van der Waals surface area contributed by atoms with Gasteiger partial charge in [0, 0.05) is 11.1 Å². The number of ether oxygens (including phenoxy) is 1. The van der Waals surface area contributed by atoms with Gasteiger partial charge in [0.25, 0.3) is 0 Å². The standard InChI is InChI=1S/C18H18N2O5/c1-25-18-9-12(3-5-16(18)23)14-10-13(19-20(14)6-7-21)11-2-4-15(22)17(24)8-11/h2-5,8-10,21-24H,6-7H2,1H3. The van der Waals surface area contributed by atoms with Crippen molar-refractivity contribution in [3.8, 4) is 45.5 Å². The van der Waals surface area contributed by atoms with Crippen LogP contribution in [-0.2, 0) is 6.54 Å².